The SMILES string of the molecule is COc1cc(C[NH2+]Cc2ccccc2)cc(Cl)c1OCC(N)=O. The van der Waals surface area contributed by atoms with Gasteiger partial charge in [0.05, 0.1) is 12.1 Å². The molecule has 0 spiro atoms. The van der Waals surface area contributed by atoms with Crippen LogP contribution in [0.5, 0.6) is 11.5 Å². The summed E-state index contributed by atoms with van der Waals surface area (Å²) in [6.07, 6.45) is 0. The second-order valence-corrected chi connectivity index (χ2v) is 5.45. The zero-order chi connectivity index (χ0) is 16.7. The number of carbonyl (C=O) groups excluding carboxylic acids is 1. The first kappa shape index (κ1) is 17.1. The highest BCUT2D eigenvalue weighted by Crippen LogP contribution is 2.36. The largest absolute Gasteiger partial charge is 0.493 e. The summed E-state index contributed by atoms with van der Waals surface area (Å²) in [7, 11) is 1.53. The fourth-order valence-electron chi connectivity index (χ4n) is 2.19. The quantitative estimate of drug-likeness (QED) is 0.767. The van der Waals surface area contributed by atoms with E-state index in [2.05, 4.69) is 17.4 Å². The molecule has 4 N–H and O–H groups in total. The van der Waals surface area contributed by atoms with Crippen LogP contribution >= 0.6 is 11.6 Å². The van der Waals surface area contributed by atoms with Crippen LogP contribution in [0.2, 0.25) is 5.02 Å². The van der Waals surface area contributed by atoms with E-state index in [0.29, 0.717) is 16.5 Å². The van der Waals surface area contributed by atoms with Gasteiger partial charge in [0.25, 0.3) is 5.91 Å². The summed E-state index contributed by atoms with van der Waals surface area (Å²) in [4.78, 5) is 10.8. The first-order valence-electron chi connectivity index (χ1n) is 7.23. The molecule has 0 saturated heterocycles. The third-order valence-corrected chi connectivity index (χ3v) is 3.53. The maximum Gasteiger partial charge on any atom is 0.255 e. The Kier molecular flexibility index (Phi) is 6.26. The van der Waals surface area contributed by atoms with E-state index < -0.39 is 5.91 Å². The van der Waals surface area contributed by atoms with E-state index in [1.807, 2.05) is 30.3 Å². The zero-order valence-corrected chi connectivity index (χ0v) is 13.7. The predicted octanol–water partition coefficient (Wildman–Crippen LogP) is 1.48. The summed E-state index contributed by atoms with van der Waals surface area (Å²) in [5.41, 5.74) is 7.34. The summed E-state index contributed by atoms with van der Waals surface area (Å²) in [6.45, 7) is 1.39. The van der Waals surface area contributed by atoms with Gasteiger partial charge in [-0.15, -0.1) is 0 Å². The van der Waals surface area contributed by atoms with Gasteiger partial charge in [0.15, 0.2) is 18.1 Å². The molecule has 0 aromatic heterocycles. The number of hydrogen-bond donors (Lipinski definition) is 2. The molecule has 0 unspecified atom stereocenters. The van der Waals surface area contributed by atoms with Gasteiger partial charge in [-0.1, -0.05) is 41.9 Å². The van der Waals surface area contributed by atoms with Crippen LogP contribution in [-0.4, -0.2) is 19.6 Å². The van der Waals surface area contributed by atoms with Gasteiger partial charge in [0.1, 0.15) is 13.1 Å². The molecule has 0 fully saturated rings. The Balaban J connectivity index is 2.02. The normalized spacial score (nSPS) is 10.3. The fourth-order valence-corrected chi connectivity index (χ4v) is 2.48. The lowest BCUT2D eigenvalue weighted by molar-refractivity contribution is -0.686. The molecule has 2 aromatic carbocycles. The van der Waals surface area contributed by atoms with Crippen LogP contribution in [0.1, 0.15) is 11.1 Å². The third kappa shape index (κ3) is 5.16. The number of methoxy groups -OCH3 is 1. The molecule has 0 saturated carbocycles. The molecule has 0 radical (unpaired) electrons. The number of ether oxygens (including phenoxy) is 2. The first-order chi connectivity index (χ1) is 11.1. The van der Waals surface area contributed by atoms with E-state index in [-0.39, 0.29) is 6.61 Å². The van der Waals surface area contributed by atoms with E-state index in [0.717, 1.165) is 18.7 Å². The molecule has 2 aromatic rings. The lowest BCUT2D eigenvalue weighted by Gasteiger charge is -2.13. The Morgan fingerprint density at radius 3 is 2.52 bits per heavy atom. The van der Waals surface area contributed by atoms with Crippen molar-refractivity contribution in [3.8, 4) is 11.5 Å². The molecule has 1 amide bonds. The lowest BCUT2D eigenvalue weighted by atomic mass is 10.2. The van der Waals surface area contributed by atoms with E-state index in [1.54, 1.807) is 0 Å². The van der Waals surface area contributed by atoms with Crippen molar-refractivity contribution < 1.29 is 19.6 Å². The predicted molar refractivity (Wildman–Crippen MR) is 88.5 cm³/mol. The summed E-state index contributed by atoms with van der Waals surface area (Å²) < 4.78 is 10.6. The second-order valence-electron chi connectivity index (χ2n) is 5.05. The topological polar surface area (TPSA) is 78.2 Å². The number of benzene rings is 2. The van der Waals surface area contributed by atoms with Gasteiger partial charge in [0, 0.05) is 11.1 Å². The van der Waals surface area contributed by atoms with Gasteiger partial charge in [-0.25, -0.2) is 0 Å². The van der Waals surface area contributed by atoms with Crippen molar-refractivity contribution in [2.45, 2.75) is 13.1 Å². The average Bonchev–Trinajstić information content (AvgIpc) is 2.54. The monoisotopic (exact) mass is 335 g/mol. The summed E-state index contributed by atoms with van der Waals surface area (Å²) in [5.74, 6) is 0.255. The standard InChI is InChI=1S/C17H19ClN2O3/c1-22-15-8-13(7-14(18)17(15)23-11-16(19)21)10-20-9-12-5-3-2-4-6-12/h2-8,20H,9-11H2,1H3,(H2,19,21)/p+1. The molecule has 0 aliphatic heterocycles. The minimum absolute atomic E-state index is 0.241. The van der Waals surface area contributed by atoms with Crippen LogP contribution in [0.25, 0.3) is 0 Å². The molecule has 0 aliphatic carbocycles. The van der Waals surface area contributed by atoms with Crippen molar-refractivity contribution in [2.75, 3.05) is 13.7 Å². The maximum atomic E-state index is 10.8. The van der Waals surface area contributed by atoms with E-state index in [9.17, 15) is 4.79 Å². The van der Waals surface area contributed by atoms with Crippen LogP contribution < -0.4 is 20.5 Å². The van der Waals surface area contributed by atoms with Crippen molar-refractivity contribution >= 4 is 17.5 Å². The Labute approximate surface area is 140 Å². The number of primary amides is 1. The van der Waals surface area contributed by atoms with Crippen molar-refractivity contribution in [3.63, 3.8) is 0 Å². The Morgan fingerprint density at radius 2 is 1.87 bits per heavy atom. The molecule has 0 atom stereocenters. The zero-order valence-electron chi connectivity index (χ0n) is 12.9. The minimum atomic E-state index is -0.566. The van der Waals surface area contributed by atoms with Crippen LogP contribution in [0.3, 0.4) is 0 Å². The van der Waals surface area contributed by atoms with Crippen LogP contribution in [0.15, 0.2) is 42.5 Å². The highest BCUT2D eigenvalue weighted by Gasteiger charge is 2.13. The van der Waals surface area contributed by atoms with Crippen LogP contribution in [0, 0.1) is 0 Å². The fraction of sp³-hybridized carbons (Fsp3) is 0.235. The van der Waals surface area contributed by atoms with Gasteiger partial charge in [-0.3, -0.25) is 4.79 Å². The Hall–Kier alpha value is -2.24. The molecule has 2 rings (SSSR count). The second kappa shape index (κ2) is 8.41. The molecular formula is C17H20ClN2O3+. The number of halogens is 1. The summed E-state index contributed by atoms with van der Waals surface area (Å²) in [6, 6.07) is 13.9. The van der Waals surface area contributed by atoms with E-state index in [4.69, 9.17) is 26.8 Å². The summed E-state index contributed by atoms with van der Waals surface area (Å²) >= 11 is 6.22. The molecule has 5 nitrogen and oxygen atoms in total. The molecule has 122 valence electrons. The highest BCUT2D eigenvalue weighted by atomic mass is 35.5. The number of nitrogens with two attached hydrogens (primary N) is 2. The molecule has 6 heteroatoms. The lowest BCUT2D eigenvalue weighted by Crippen LogP contribution is -2.80. The Morgan fingerprint density at radius 1 is 1.17 bits per heavy atom. The summed E-state index contributed by atoms with van der Waals surface area (Å²) in [5, 5.41) is 2.57. The number of hydrogen-bond acceptors (Lipinski definition) is 3. The van der Waals surface area contributed by atoms with Gasteiger partial charge in [-0.05, 0) is 12.1 Å². The molecule has 0 aliphatic rings. The number of rotatable bonds is 8. The average molecular weight is 336 g/mol. The van der Waals surface area contributed by atoms with Crippen molar-refractivity contribution in [3.05, 3.63) is 58.6 Å². The third-order valence-electron chi connectivity index (χ3n) is 3.25. The van der Waals surface area contributed by atoms with Gasteiger partial charge < -0.3 is 20.5 Å². The van der Waals surface area contributed by atoms with E-state index in [1.165, 1.54) is 12.7 Å². The van der Waals surface area contributed by atoms with Crippen molar-refractivity contribution in [1.82, 2.24) is 0 Å². The van der Waals surface area contributed by atoms with Gasteiger partial charge >= 0.3 is 0 Å². The highest BCUT2D eigenvalue weighted by molar-refractivity contribution is 6.32. The molecule has 0 heterocycles. The molecular weight excluding hydrogens is 316 g/mol. The van der Waals surface area contributed by atoms with Crippen LogP contribution in [-0.2, 0) is 17.9 Å². The number of carbonyl (C=O) groups is 1. The number of quaternary nitrogens is 1. The minimum Gasteiger partial charge on any atom is -0.493 e. The van der Waals surface area contributed by atoms with Crippen molar-refractivity contribution in [2.24, 2.45) is 5.73 Å². The van der Waals surface area contributed by atoms with Crippen molar-refractivity contribution in [1.29, 1.82) is 0 Å². The molecule has 0 bridgehead atoms. The first-order valence-corrected chi connectivity index (χ1v) is 7.61. The van der Waals surface area contributed by atoms with Crippen LogP contribution in [0.4, 0.5) is 0 Å². The molecule has 23 heavy (non-hydrogen) atoms. The Bertz CT molecular complexity index is 662. The van der Waals surface area contributed by atoms with Gasteiger partial charge in [0.2, 0.25) is 0 Å². The van der Waals surface area contributed by atoms with E-state index >= 15 is 0 Å². The maximum absolute atomic E-state index is 10.8. The van der Waals surface area contributed by atoms with Gasteiger partial charge in [-0.2, -0.15) is 0 Å². The smallest absolute Gasteiger partial charge is 0.255 e. The number of amides is 1.